The lowest BCUT2D eigenvalue weighted by molar-refractivity contribution is -0.153. The summed E-state index contributed by atoms with van der Waals surface area (Å²) in [6.07, 6.45) is -9.62. The number of hydrogen-bond acceptors (Lipinski definition) is 5. The van der Waals surface area contributed by atoms with Crippen LogP contribution in [0.3, 0.4) is 0 Å². The van der Waals surface area contributed by atoms with Crippen LogP contribution in [-0.4, -0.2) is 42.4 Å². The molecule has 0 radical (unpaired) electrons. The van der Waals surface area contributed by atoms with Crippen LogP contribution in [0.25, 0.3) is 0 Å². The fourth-order valence-electron chi connectivity index (χ4n) is 3.12. The van der Waals surface area contributed by atoms with Crippen molar-refractivity contribution in [3.8, 4) is 5.75 Å². The van der Waals surface area contributed by atoms with E-state index in [1.54, 1.807) is 13.8 Å². The van der Waals surface area contributed by atoms with Crippen molar-refractivity contribution >= 4 is 12.0 Å². The highest BCUT2D eigenvalue weighted by Crippen LogP contribution is 2.32. The monoisotopic (exact) mass is 535 g/mol. The molecule has 1 aromatic heterocycles. The molecule has 0 spiro atoms. The van der Waals surface area contributed by atoms with Gasteiger partial charge in [-0.25, -0.2) is 4.79 Å². The van der Waals surface area contributed by atoms with Crippen LogP contribution in [0.4, 0.5) is 31.1 Å². The largest absolute Gasteiger partial charge is 0.483 e. The van der Waals surface area contributed by atoms with Gasteiger partial charge in [-0.2, -0.15) is 26.3 Å². The van der Waals surface area contributed by atoms with Crippen LogP contribution in [0, 0.1) is 5.92 Å². The molecule has 0 saturated heterocycles. The number of alkyl carbamates (subject to hydrolysis) is 1. The average molecular weight is 535 g/mol. The molecule has 1 aromatic carbocycles. The van der Waals surface area contributed by atoms with Gasteiger partial charge in [-0.05, 0) is 36.6 Å². The minimum Gasteiger partial charge on any atom is -0.483 e. The van der Waals surface area contributed by atoms with Crippen LogP contribution in [0.1, 0.15) is 43.6 Å². The Morgan fingerprint density at radius 2 is 1.65 bits per heavy atom. The highest BCUT2D eigenvalue weighted by molar-refractivity contribution is 5.86. The molecular formula is C24H27F6N3O4. The third kappa shape index (κ3) is 10.2. The number of rotatable bonds is 10. The van der Waals surface area contributed by atoms with Crippen molar-refractivity contribution in [2.24, 2.45) is 5.92 Å². The second kappa shape index (κ2) is 12.6. The molecule has 0 aliphatic heterocycles. The summed E-state index contributed by atoms with van der Waals surface area (Å²) in [7, 11) is 0. The fourth-order valence-corrected chi connectivity index (χ4v) is 3.12. The van der Waals surface area contributed by atoms with Crippen molar-refractivity contribution < 1.29 is 45.4 Å². The normalized spacial score (nSPS) is 13.6. The first-order valence-electron chi connectivity index (χ1n) is 11.2. The summed E-state index contributed by atoms with van der Waals surface area (Å²) in [6.45, 7) is 3.60. The van der Waals surface area contributed by atoms with E-state index in [9.17, 15) is 35.9 Å². The summed E-state index contributed by atoms with van der Waals surface area (Å²) in [5.74, 6) is -0.973. The van der Waals surface area contributed by atoms with Crippen molar-refractivity contribution in [3.05, 3.63) is 59.4 Å². The van der Waals surface area contributed by atoms with Crippen molar-refractivity contribution in [1.29, 1.82) is 0 Å². The smallest absolute Gasteiger partial charge is 0.422 e. The van der Waals surface area contributed by atoms with Gasteiger partial charge in [0.15, 0.2) is 6.61 Å². The highest BCUT2D eigenvalue weighted by atomic mass is 19.4. The van der Waals surface area contributed by atoms with E-state index in [4.69, 9.17) is 4.74 Å². The summed E-state index contributed by atoms with van der Waals surface area (Å²) >= 11 is 0. The molecule has 7 nitrogen and oxygen atoms in total. The molecule has 0 bridgehead atoms. The zero-order valence-corrected chi connectivity index (χ0v) is 20.2. The number of benzene rings is 1. The second-order valence-electron chi connectivity index (χ2n) is 8.60. The first kappa shape index (κ1) is 29.7. The van der Waals surface area contributed by atoms with Crippen molar-refractivity contribution in [2.45, 2.75) is 51.6 Å². The molecule has 204 valence electrons. The third-order valence-corrected chi connectivity index (χ3v) is 4.87. The van der Waals surface area contributed by atoms with E-state index in [1.807, 2.05) is 0 Å². The number of halogens is 6. The Kier molecular flexibility index (Phi) is 10.2. The van der Waals surface area contributed by atoms with Crippen molar-refractivity contribution in [1.82, 2.24) is 15.6 Å². The minimum absolute atomic E-state index is 0.0156. The highest BCUT2D eigenvalue weighted by Gasteiger charge is 2.35. The Morgan fingerprint density at radius 3 is 2.22 bits per heavy atom. The van der Waals surface area contributed by atoms with E-state index in [0.29, 0.717) is 0 Å². The molecule has 0 aliphatic rings. The number of pyridine rings is 1. The summed E-state index contributed by atoms with van der Waals surface area (Å²) in [5, 5.41) is 4.86. The molecule has 13 heteroatoms. The van der Waals surface area contributed by atoms with Gasteiger partial charge in [0.2, 0.25) is 5.91 Å². The van der Waals surface area contributed by atoms with Crippen LogP contribution >= 0.6 is 0 Å². The number of hydrogen-bond donors (Lipinski definition) is 2. The van der Waals surface area contributed by atoms with Gasteiger partial charge in [-0.15, -0.1) is 0 Å². The molecule has 0 aliphatic carbocycles. The average Bonchev–Trinajstić information content (AvgIpc) is 2.80. The van der Waals surface area contributed by atoms with Crippen molar-refractivity contribution in [3.63, 3.8) is 0 Å². The fraction of sp³-hybridized carbons (Fsp3) is 0.458. The number of carbonyl (C=O) groups excluding carboxylic acids is 2. The maximum atomic E-state index is 13.5. The molecule has 2 aromatic rings. The minimum atomic E-state index is -4.68. The first-order valence-corrected chi connectivity index (χ1v) is 11.2. The molecule has 2 unspecified atom stereocenters. The van der Waals surface area contributed by atoms with Crippen LogP contribution in [0.15, 0.2) is 42.6 Å². The molecule has 0 saturated carbocycles. The number of nitrogens with one attached hydrogen (secondary N) is 2. The van der Waals surface area contributed by atoms with Gasteiger partial charge in [-0.3, -0.25) is 9.78 Å². The van der Waals surface area contributed by atoms with Gasteiger partial charge in [0.1, 0.15) is 11.8 Å². The van der Waals surface area contributed by atoms with Gasteiger partial charge in [0, 0.05) is 6.42 Å². The Morgan fingerprint density at radius 1 is 0.973 bits per heavy atom. The lowest BCUT2D eigenvalue weighted by atomic mass is 9.99. The lowest BCUT2D eigenvalue weighted by Crippen LogP contribution is -2.49. The number of alkyl halides is 6. The quantitative estimate of drug-likeness (QED) is 0.408. The number of ether oxygens (including phenoxy) is 2. The van der Waals surface area contributed by atoms with Crippen LogP contribution in [0.5, 0.6) is 5.75 Å². The molecular weight excluding hydrogens is 508 g/mol. The SMILES string of the molecule is CC(C)COC(=O)NC(Cc1ccccc1C(F)(F)F)C(=O)NC(C)c1ccc(OCC(F)(F)F)cn1. The van der Waals surface area contributed by atoms with E-state index >= 15 is 0 Å². The summed E-state index contributed by atoms with van der Waals surface area (Å²) in [5.41, 5.74) is -0.921. The maximum Gasteiger partial charge on any atom is 0.422 e. The number of amides is 2. The standard InChI is InChI=1S/C24H27F6N3O4/c1-14(2)12-36-22(35)33-20(10-16-6-4-5-7-18(16)24(28,29)30)21(34)32-15(3)19-9-8-17(11-31-19)37-13-23(25,26)27/h4-9,11,14-15,20H,10,12-13H2,1-3H3,(H,32,34)(H,33,35). The second-order valence-corrected chi connectivity index (χ2v) is 8.60. The molecule has 2 rings (SSSR count). The summed E-state index contributed by atoms with van der Waals surface area (Å²) < 4.78 is 86.9. The zero-order valence-electron chi connectivity index (χ0n) is 20.2. The molecule has 2 atom stereocenters. The predicted octanol–water partition coefficient (Wildman–Crippen LogP) is 5.21. The van der Waals surface area contributed by atoms with E-state index in [1.165, 1.54) is 37.3 Å². The number of carbonyl (C=O) groups is 2. The van der Waals surface area contributed by atoms with Gasteiger partial charge < -0.3 is 20.1 Å². The molecule has 2 N–H and O–H groups in total. The van der Waals surface area contributed by atoms with Crippen LogP contribution in [0.2, 0.25) is 0 Å². The summed E-state index contributed by atoms with van der Waals surface area (Å²) in [4.78, 5) is 29.2. The first-order chi connectivity index (χ1) is 17.2. The maximum absolute atomic E-state index is 13.5. The Labute approximate surface area is 209 Å². The van der Waals surface area contributed by atoms with E-state index in [2.05, 4.69) is 20.4 Å². The number of aromatic nitrogens is 1. The van der Waals surface area contributed by atoms with Crippen molar-refractivity contribution in [2.75, 3.05) is 13.2 Å². The molecule has 0 fully saturated rings. The zero-order chi connectivity index (χ0) is 27.8. The lowest BCUT2D eigenvalue weighted by Gasteiger charge is -2.23. The molecule has 1 heterocycles. The molecule has 37 heavy (non-hydrogen) atoms. The number of nitrogens with zero attached hydrogens (tertiary/aromatic N) is 1. The Balaban J connectivity index is 2.17. The van der Waals surface area contributed by atoms with Gasteiger partial charge in [-0.1, -0.05) is 32.0 Å². The Bertz CT molecular complexity index is 1040. The summed E-state index contributed by atoms with van der Waals surface area (Å²) in [6, 6.07) is 4.99. The van der Waals surface area contributed by atoms with Crippen LogP contribution in [-0.2, 0) is 22.1 Å². The predicted molar refractivity (Wildman–Crippen MR) is 121 cm³/mol. The Hall–Kier alpha value is -3.51. The van der Waals surface area contributed by atoms with E-state index in [0.717, 1.165) is 12.3 Å². The molecule has 2 amide bonds. The topological polar surface area (TPSA) is 89.5 Å². The van der Waals surface area contributed by atoms with E-state index in [-0.39, 0.29) is 29.5 Å². The van der Waals surface area contributed by atoms with E-state index < -0.39 is 55.0 Å². The van der Waals surface area contributed by atoms with Gasteiger partial charge in [0.05, 0.1) is 30.1 Å². The van der Waals surface area contributed by atoms with Crippen LogP contribution < -0.4 is 15.4 Å². The van der Waals surface area contributed by atoms with Gasteiger partial charge >= 0.3 is 18.4 Å². The third-order valence-electron chi connectivity index (χ3n) is 4.87. The van der Waals surface area contributed by atoms with Gasteiger partial charge in [0.25, 0.3) is 0 Å².